The van der Waals surface area contributed by atoms with E-state index in [1.165, 1.54) is 22.0 Å². The Hall–Kier alpha value is -0.640. The summed E-state index contributed by atoms with van der Waals surface area (Å²) in [7, 11) is 0. The Morgan fingerprint density at radius 2 is 2.17 bits per heavy atom. The minimum absolute atomic E-state index is 0.534. The molecule has 1 aromatic carbocycles. The summed E-state index contributed by atoms with van der Waals surface area (Å²) < 4.78 is 1.22. The van der Waals surface area contributed by atoms with Crippen LogP contribution in [0.3, 0.4) is 0 Å². The fourth-order valence-corrected chi connectivity index (χ4v) is 4.00. The Balaban J connectivity index is 1.81. The van der Waals surface area contributed by atoms with Crippen LogP contribution in [0, 0.1) is 0 Å². The van der Waals surface area contributed by atoms with Gasteiger partial charge in [-0.15, -0.1) is 11.3 Å². The standard InChI is InChI=1S/C15H16BrNS/c1-11-13-7-9-18-15(13)6-8-17(11)10-12-4-2-3-5-14(12)16/h2-5,7,9,11H,6,8,10H2,1H3. The molecule has 3 heteroatoms. The molecule has 0 bridgehead atoms. The lowest BCUT2D eigenvalue weighted by atomic mass is 10.0. The normalized spacial score (nSPS) is 19.8. The Morgan fingerprint density at radius 1 is 1.33 bits per heavy atom. The van der Waals surface area contributed by atoms with Crippen LogP contribution in [0.5, 0.6) is 0 Å². The average Bonchev–Trinajstić information content (AvgIpc) is 2.84. The third kappa shape index (κ3) is 2.27. The maximum Gasteiger partial charge on any atom is 0.0334 e. The molecule has 94 valence electrons. The van der Waals surface area contributed by atoms with Crippen molar-refractivity contribution in [2.45, 2.75) is 25.9 Å². The molecular weight excluding hydrogens is 306 g/mol. The zero-order valence-corrected chi connectivity index (χ0v) is 12.8. The Morgan fingerprint density at radius 3 is 3.00 bits per heavy atom. The third-order valence-electron chi connectivity index (χ3n) is 3.74. The number of hydrogen-bond acceptors (Lipinski definition) is 2. The fourth-order valence-electron chi connectivity index (χ4n) is 2.62. The highest BCUT2D eigenvalue weighted by molar-refractivity contribution is 9.10. The molecule has 0 fully saturated rings. The molecule has 1 aliphatic rings. The van der Waals surface area contributed by atoms with Crippen molar-refractivity contribution in [1.29, 1.82) is 0 Å². The van der Waals surface area contributed by atoms with Crippen molar-refractivity contribution in [3.63, 3.8) is 0 Å². The number of hydrogen-bond donors (Lipinski definition) is 0. The molecule has 1 atom stereocenters. The molecule has 0 N–H and O–H groups in total. The number of nitrogens with zero attached hydrogens (tertiary/aromatic N) is 1. The Bertz CT molecular complexity index is 549. The van der Waals surface area contributed by atoms with Crippen LogP contribution in [0.25, 0.3) is 0 Å². The van der Waals surface area contributed by atoms with Gasteiger partial charge in [-0.25, -0.2) is 0 Å². The van der Waals surface area contributed by atoms with E-state index in [9.17, 15) is 0 Å². The SMILES string of the molecule is CC1c2ccsc2CCN1Cc1ccccc1Br. The highest BCUT2D eigenvalue weighted by atomic mass is 79.9. The topological polar surface area (TPSA) is 3.24 Å². The molecule has 1 aliphatic heterocycles. The van der Waals surface area contributed by atoms with Gasteiger partial charge in [-0.2, -0.15) is 0 Å². The summed E-state index contributed by atoms with van der Waals surface area (Å²) in [5.74, 6) is 0. The lowest BCUT2D eigenvalue weighted by Crippen LogP contribution is -2.32. The van der Waals surface area contributed by atoms with Crippen LogP contribution in [-0.4, -0.2) is 11.4 Å². The average molecular weight is 322 g/mol. The molecule has 0 spiro atoms. The first-order valence-electron chi connectivity index (χ1n) is 6.29. The molecule has 1 unspecified atom stereocenters. The van der Waals surface area contributed by atoms with E-state index in [0.717, 1.165) is 13.1 Å². The molecular formula is C15H16BrNS. The van der Waals surface area contributed by atoms with Crippen LogP contribution in [0.2, 0.25) is 0 Å². The largest absolute Gasteiger partial charge is 0.292 e. The van der Waals surface area contributed by atoms with E-state index < -0.39 is 0 Å². The van der Waals surface area contributed by atoms with Gasteiger partial charge in [-0.1, -0.05) is 34.1 Å². The molecule has 2 heterocycles. The molecule has 0 saturated carbocycles. The summed E-state index contributed by atoms with van der Waals surface area (Å²) in [6, 6.07) is 11.3. The van der Waals surface area contributed by atoms with Gasteiger partial charge in [0.1, 0.15) is 0 Å². The predicted octanol–water partition coefficient (Wildman–Crippen LogP) is 4.63. The van der Waals surface area contributed by atoms with Crippen molar-refractivity contribution in [2.24, 2.45) is 0 Å². The summed E-state index contributed by atoms with van der Waals surface area (Å²) in [5, 5.41) is 2.23. The molecule has 0 aliphatic carbocycles. The van der Waals surface area contributed by atoms with Crippen LogP contribution >= 0.6 is 27.3 Å². The van der Waals surface area contributed by atoms with Gasteiger partial charge in [0.25, 0.3) is 0 Å². The summed E-state index contributed by atoms with van der Waals surface area (Å²) in [4.78, 5) is 4.14. The van der Waals surface area contributed by atoms with E-state index in [4.69, 9.17) is 0 Å². The van der Waals surface area contributed by atoms with Crippen LogP contribution in [0.4, 0.5) is 0 Å². The van der Waals surface area contributed by atoms with Crippen LogP contribution in [-0.2, 0) is 13.0 Å². The number of fused-ring (bicyclic) bond motifs is 1. The van der Waals surface area contributed by atoms with Gasteiger partial charge in [-0.05, 0) is 42.0 Å². The van der Waals surface area contributed by atoms with Crippen molar-refractivity contribution < 1.29 is 0 Å². The van der Waals surface area contributed by atoms with E-state index >= 15 is 0 Å². The highest BCUT2D eigenvalue weighted by Gasteiger charge is 2.24. The summed E-state index contributed by atoms with van der Waals surface area (Å²) in [6.07, 6.45) is 1.20. The first kappa shape index (κ1) is 12.4. The second-order valence-electron chi connectivity index (χ2n) is 4.79. The lowest BCUT2D eigenvalue weighted by Gasteiger charge is -2.33. The van der Waals surface area contributed by atoms with E-state index in [0.29, 0.717) is 6.04 Å². The minimum Gasteiger partial charge on any atom is -0.292 e. The molecule has 0 amide bonds. The molecule has 1 aromatic heterocycles. The van der Waals surface area contributed by atoms with Crippen molar-refractivity contribution in [3.05, 3.63) is 56.2 Å². The zero-order valence-electron chi connectivity index (χ0n) is 10.4. The van der Waals surface area contributed by atoms with E-state index in [1.54, 1.807) is 4.88 Å². The van der Waals surface area contributed by atoms with Gasteiger partial charge in [-0.3, -0.25) is 4.90 Å². The van der Waals surface area contributed by atoms with Crippen LogP contribution < -0.4 is 0 Å². The van der Waals surface area contributed by atoms with E-state index in [-0.39, 0.29) is 0 Å². The fraction of sp³-hybridized carbons (Fsp3) is 0.333. The second kappa shape index (κ2) is 5.16. The van der Waals surface area contributed by atoms with Gasteiger partial charge in [0, 0.05) is 28.5 Å². The van der Waals surface area contributed by atoms with Gasteiger partial charge < -0.3 is 0 Å². The maximum atomic E-state index is 3.64. The quantitative estimate of drug-likeness (QED) is 0.779. The molecule has 2 aromatic rings. The summed E-state index contributed by atoms with van der Waals surface area (Å²) in [6.45, 7) is 4.51. The predicted molar refractivity (Wildman–Crippen MR) is 81.0 cm³/mol. The summed E-state index contributed by atoms with van der Waals surface area (Å²) >= 11 is 5.55. The highest BCUT2D eigenvalue weighted by Crippen LogP contribution is 2.34. The molecule has 1 nitrogen and oxygen atoms in total. The Labute approximate surface area is 121 Å². The Kier molecular flexibility index (Phi) is 3.55. The second-order valence-corrected chi connectivity index (χ2v) is 6.64. The first-order valence-corrected chi connectivity index (χ1v) is 7.96. The minimum atomic E-state index is 0.534. The van der Waals surface area contributed by atoms with Gasteiger partial charge in [0.2, 0.25) is 0 Å². The maximum absolute atomic E-state index is 3.64. The lowest BCUT2D eigenvalue weighted by molar-refractivity contribution is 0.191. The van der Waals surface area contributed by atoms with Crippen molar-refractivity contribution in [1.82, 2.24) is 4.90 Å². The first-order chi connectivity index (χ1) is 8.75. The van der Waals surface area contributed by atoms with Crippen molar-refractivity contribution in [2.75, 3.05) is 6.54 Å². The van der Waals surface area contributed by atoms with Crippen molar-refractivity contribution >= 4 is 27.3 Å². The third-order valence-corrected chi connectivity index (χ3v) is 5.51. The van der Waals surface area contributed by atoms with E-state index in [1.807, 2.05) is 11.3 Å². The number of thiophene rings is 1. The van der Waals surface area contributed by atoms with Gasteiger partial charge in [0.05, 0.1) is 0 Å². The van der Waals surface area contributed by atoms with Gasteiger partial charge in [0.15, 0.2) is 0 Å². The molecule has 3 rings (SSSR count). The van der Waals surface area contributed by atoms with E-state index in [2.05, 4.69) is 63.5 Å². The molecule has 18 heavy (non-hydrogen) atoms. The number of rotatable bonds is 2. The number of benzene rings is 1. The smallest absolute Gasteiger partial charge is 0.0334 e. The molecule has 0 saturated heterocycles. The van der Waals surface area contributed by atoms with Crippen LogP contribution in [0.1, 0.15) is 29.0 Å². The summed E-state index contributed by atoms with van der Waals surface area (Å²) in [5.41, 5.74) is 2.90. The zero-order chi connectivity index (χ0) is 12.5. The monoisotopic (exact) mass is 321 g/mol. The van der Waals surface area contributed by atoms with Gasteiger partial charge >= 0.3 is 0 Å². The van der Waals surface area contributed by atoms with Crippen LogP contribution in [0.15, 0.2) is 40.2 Å². The number of halogens is 1. The molecule has 0 radical (unpaired) electrons. The van der Waals surface area contributed by atoms with Crippen molar-refractivity contribution in [3.8, 4) is 0 Å².